The molecule has 3 heterocycles. The molecule has 0 bridgehead atoms. The number of alkyl halides is 3. The molecule has 1 aromatic carbocycles. The third-order valence-electron chi connectivity index (χ3n) is 3.72. The highest BCUT2D eigenvalue weighted by atomic mass is 32.2. The number of thioether (sulfide) groups is 2. The maximum absolute atomic E-state index is 13.2. The Balaban J connectivity index is 1.72. The largest absolute Gasteiger partial charge is 0.453 e. The number of aromatic nitrogens is 3. The van der Waals surface area contributed by atoms with Crippen LogP contribution in [-0.4, -0.2) is 29.0 Å². The zero-order valence-corrected chi connectivity index (χ0v) is 14.3. The predicted molar refractivity (Wildman–Crippen MR) is 88.3 cm³/mol. The van der Waals surface area contributed by atoms with Gasteiger partial charge >= 0.3 is 6.18 Å². The predicted octanol–water partition coefficient (Wildman–Crippen LogP) is 3.65. The summed E-state index contributed by atoms with van der Waals surface area (Å²) in [6, 6.07) is 7.78. The first kappa shape index (κ1) is 15.7. The molecule has 0 radical (unpaired) electrons. The zero-order valence-electron chi connectivity index (χ0n) is 12.7. The molecule has 1 atom stereocenters. The fraction of sp³-hybridized carbons (Fsp3) is 0.286. The van der Waals surface area contributed by atoms with E-state index in [0.717, 1.165) is 21.0 Å². The first-order valence-electron chi connectivity index (χ1n) is 6.99. The van der Waals surface area contributed by atoms with E-state index in [4.69, 9.17) is 0 Å². The number of halogens is 3. The lowest BCUT2D eigenvalue weighted by Gasteiger charge is -2.26. The van der Waals surface area contributed by atoms with Gasteiger partial charge in [-0.25, -0.2) is 4.68 Å². The van der Waals surface area contributed by atoms with E-state index in [1.807, 2.05) is 48.7 Å². The second kappa shape index (κ2) is 5.35. The quantitative estimate of drug-likeness (QED) is 0.802. The molecule has 0 amide bonds. The number of benzene rings is 1. The first-order chi connectivity index (χ1) is 11.4. The molecule has 2 aliphatic rings. The Kier molecular flexibility index (Phi) is 3.50. The maximum Gasteiger partial charge on any atom is 0.453 e. The molecule has 1 aromatic heterocycles. The first-order valence-corrected chi connectivity index (χ1v) is 8.75. The van der Waals surface area contributed by atoms with Gasteiger partial charge < -0.3 is 4.90 Å². The topological polar surface area (TPSA) is 37.2 Å². The van der Waals surface area contributed by atoms with E-state index in [1.165, 1.54) is 23.5 Å². The molecule has 24 heavy (non-hydrogen) atoms. The van der Waals surface area contributed by atoms with Gasteiger partial charge in [0.1, 0.15) is 10.4 Å². The summed E-state index contributed by atoms with van der Waals surface area (Å²) in [5, 5.41) is 11.2. The number of hydrogen-bond donors (Lipinski definition) is 0. The van der Waals surface area contributed by atoms with Crippen molar-refractivity contribution in [2.75, 3.05) is 24.0 Å². The summed E-state index contributed by atoms with van der Waals surface area (Å²) < 4.78 is 40.7. The molecule has 5 nitrogen and oxygen atoms in total. The van der Waals surface area contributed by atoms with E-state index in [9.17, 15) is 13.2 Å². The van der Waals surface area contributed by atoms with Crippen LogP contribution in [0.15, 0.2) is 39.9 Å². The summed E-state index contributed by atoms with van der Waals surface area (Å²) in [6.07, 6.45) is -4.55. The van der Waals surface area contributed by atoms with E-state index in [-0.39, 0.29) is 10.5 Å². The molecule has 0 aliphatic carbocycles. The summed E-state index contributed by atoms with van der Waals surface area (Å²) in [5.74, 6) is -0.995. The Morgan fingerprint density at radius 1 is 1.12 bits per heavy atom. The van der Waals surface area contributed by atoms with Crippen LogP contribution in [0.5, 0.6) is 0 Å². The van der Waals surface area contributed by atoms with Gasteiger partial charge in [0, 0.05) is 25.2 Å². The van der Waals surface area contributed by atoms with Crippen LogP contribution in [0.25, 0.3) is 0 Å². The van der Waals surface area contributed by atoms with Crippen molar-refractivity contribution in [3.05, 3.63) is 46.1 Å². The van der Waals surface area contributed by atoms with E-state index in [1.54, 1.807) is 5.01 Å². The van der Waals surface area contributed by atoms with Gasteiger partial charge in [-0.1, -0.05) is 23.9 Å². The van der Waals surface area contributed by atoms with E-state index in [2.05, 4.69) is 10.2 Å². The van der Waals surface area contributed by atoms with Crippen LogP contribution in [0, 0.1) is 0 Å². The minimum Gasteiger partial charge on any atom is -0.378 e. The number of anilines is 1. The Morgan fingerprint density at radius 3 is 2.46 bits per heavy atom. The van der Waals surface area contributed by atoms with Gasteiger partial charge in [0.05, 0.1) is 0 Å². The lowest BCUT2D eigenvalue weighted by Crippen LogP contribution is -2.33. The number of rotatable bonds is 2. The molecule has 4 rings (SSSR count). The molecule has 0 N–H and O–H groups in total. The van der Waals surface area contributed by atoms with Gasteiger partial charge in [-0.2, -0.15) is 13.2 Å². The van der Waals surface area contributed by atoms with Gasteiger partial charge in [-0.15, -0.1) is 10.2 Å². The summed E-state index contributed by atoms with van der Waals surface area (Å²) in [5.41, 5.74) is 1.96. The molecule has 10 heteroatoms. The van der Waals surface area contributed by atoms with E-state index >= 15 is 0 Å². The number of nitrogens with zero attached hydrogens (tertiary/aromatic N) is 5. The van der Waals surface area contributed by atoms with Crippen molar-refractivity contribution in [2.45, 2.75) is 16.7 Å². The molecular weight excluding hydrogens is 359 g/mol. The molecule has 126 valence electrons. The smallest absolute Gasteiger partial charge is 0.378 e. The number of hydrogen-bond acceptors (Lipinski definition) is 6. The van der Waals surface area contributed by atoms with Crippen LogP contribution in [-0.2, 0) is 6.18 Å². The third kappa shape index (κ3) is 2.35. The highest BCUT2D eigenvalue weighted by molar-refractivity contribution is 8.07. The Hall–Kier alpha value is -1.81. The number of fused-ring (bicyclic) bond motifs is 3. The SMILES string of the molecule is CN(C)c1ccc(C2SC=C3Sc4nnc(C(F)(F)F)n4N32)cc1. The van der Waals surface area contributed by atoms with Crippen molar-refractivity contribution in [1.29, 1.82) is 0 Å². The highest BCUT2D eigenvalue weighted by Gasteiger charge is 2.46. The molecule has 0 fully saturated rings. The normalized spacial score (nSPS) is 19.3. The van der Waals surface area contributed by atoms with Gasteiger partial charge in [0.15, 0.2) is 0 Å². The van der Waals surface area contributed by atoms with E-state index < -0.39 is 12.0 Å². The van der Waals surface area contributed by atoms with Crippen molar-refractivity contribution in [3.8, 4) is 0 Å². The molecule has 0 spiro atoms. The Labute approximate surface area is 144 Å². The Bertz CT molecular complexity index is 813. The van der Waals surface area contributed by atoms with Crippen molar-refractivity contribution < 1.29 is 13.2 Å². The summed E-state index contributed by atoms with van der Waals surface area (Å²) in [4.78, 5) is 1.97. The van der Waals surface area contributed by atoms with Crippen LogP contribution < -0.4 is 9.91 Å². The molecule has 1 unspecified atom stereocenters. The van der Waals surface area contributed by atoms with E-state index in [0.29, 0.717) is 0 Å². The fourth-order valence-electron chi connectivity index (χ4n) is 2.57. The van der Waals surface area contributed by atoms with Crippen molar-refractivity contribution in [3.63, 3.8) is 0 Å². The van der Waals surface area contributed by atoms with Gasteiger partial charge in [0.2, 0.25) is 5.16 Å². The van der Waals surface area contributed by atoms with Crippen LogP contribution >= 0.6 is 23.5 Å². The van der Waals surface area contributed by atoms with Crippen LogP contribution in [0.3, 0.4) is 0 Å². The highest BCUT2D eigenvalue weighted by Crippen LogP contribution is 2.52. The second-order valence-electron chi connectivity index (χ2n) is 5.49. The standard InChI is InChI=1S/C14H12F3N5S2/c1-20(2)9-5-3-8(4-6-9)11-21-10(7-23-11)24-13-19-18-12(22(13)21)14(15,16)17/h3-7,11H,1-2H3. The van der Waals surface area contributed by atoms with Crippen LogP contribution in [0.1, 0.15) is 16.8 Å². The maximum atomic E-state index is 13.2. The summed E-state index contributed by atoms with van der Waals surface area (Å²) in [7, 11) is 3.88. The average Bonchev–Trinajstić information content (AvgIpc) is 3.16. The third-order valence-corrected chi connectivity index (χ3v) is 5.91. The summed E-state index contributed by atoms with van der Waals surface area (Å²) in [6.45, 7) is 0. The monoisotopic (exact) mass is 371 g/mol. The molecule has 0 saturated heterocycles. The lowest BCUT2D eigenvalue weighted by molar-refractivity contribution is -0.147. The van der Waals surface area contributed by atoms with Crippen LogP contribution in [0.4, 0.5) is 18.9 Å². The Morgan fingerprint density at radius 2 is 1.83 bits per heavy atom. The zero-order chi connectivity index (χ0) is 17.1. The average molecular weight is 371 g/mol. The van der Waals surface area contributed by atoms with Gasteiger partial charge in [0.25, 0.3) is 5.82 Å². The molecule has 2 aliphatic heterocycles. The van der Waals surface area contributed by atoms with Gasteiger partial charge in [-0.3, -0.25) is 5.01 Å². The van der Waals surface area contributed by atoms with Crippen molar-refractivity contribution >= 4 is 29.2 Å². The molecule has 0 saturated carbocycles. The minimum absolute atomic E-state index is 0.240. The molecule has 2 aromatic rings. The lowest BCUT2D eigenvalue weighted by atomic mass is 10.2. The molecular formula is C14H12F3N5S2. The van der Waals surface area contributed by atoms with Crippen LogP contribution in [0.2, 0.25) is 0 Å². The second-order valence-corrected chi connectivity index (χ2v) is 7.43. The van der Waals surface area contributed by atoms with Crippen molar-refractivity contribution in [2.24, 2.45) is 0 Å². The van der Waals surface area contributed by atoms with Crippen molar-refractivity contribution in [1.82, 2.24) is 14.9 Å². The fourth-order valence-corrected chi connectivity index (χ4v) is 4.80. The summed E-state index contributed by atoms with van der Waals surface area (Å²) >= 11 is 2.67. The minimum atomic E-state index is -4.55. The van der Waals surface area contributed by atoms with Gasteiger partial charge in [-0.05, 0) is 29.5 Å².